The largest absolute Gasteiger partial charge is 0.469 e. The number of rotatable bonds is 4. The summed E-state index contributed by atoms with van der Waals surface area (Å²) in [5, 5.41) is 2.72. The van der Waals surface area contributed by atoms with Crippen LogP contribution in [0.2, 0.25) is 0 Å². The van der Waals surface area contributed by atoms with Gasteiger partial charge in [0, 0.05) is 30.4 Å². The first-order valence-corrected chi connectivity index (χ1v) is 15.2. The molecule has 2 aliphatic carbocycles. The van der Waals surface area contributed by atoms with Gasteiger partial charge in [0.2, 0.25) is 5.91 Å². The second-order valence-corrected chi connectivity index (χ2v) is 12.6. The summed E-state index contributed by atoms with van der Waals surface area (Å²) in [5.41, 5.74) is -1.08. The van der Waals surface area contributed by atoms with Gasteiger partial charge < -0.3 is 33.7 Å². The van der Waals surface area contributed by atoms with Crippen LogP contribution in [0, 0.1) is 16.7 Å². The molecule has 44 heavy (non-hydrogen) atoms. The first-order valence-electron chi connectivity index (χ1n) is 15.2. The van der Waals surface area contributed by atoms with E-state index < -0.39 is 70.4 Å². The number of esters is 4. The number of methoxy groups -OCH3 is 1. The Morgan fingerprint density at radius 2 is 1.77 bits per heavy atom. The highest BCUT2D eigenvalue weighted by Crippen LogP contribution is 2.72. The van der Waals surface area contributed by atoms with E-state index in [1.807, 2.05) is 13.8 Å². The number of cyclic esters (lactones) is 2. The summed E-state index contributed by atoms with van der Waals surface area (Å²) in [6.07, 6.45) is 7.70. The molecule has 3 heterocycles. The van der Waals surface area contributed by atoms with Gasteiger partial charge in [-0.1, -0.05) is 37.6 Å². The SMILES string of the molecule is COC(=O)CCC(=O)N[C@H]1C(=O)OC[C@]23CCC(C)=C[C@H]2O[C@@H]2C[C@@H](OC(=O)/C=C\C=C\C(=O)OCC[C@H]1C)[C@@]3(C)[C@]21CO1. The van der Waals surface area contributed by atoms with E-state index in [1.165, 1.54) is 31.4 Å². The van der Waals surface area contributed by atoms with E-state index in [4.69, 9.17) is 23.7 Å². The third-order valence-electron chi connectivity index (χ3n) is 10.3. The Morgan fingerprint density at radius 1 is 1.05 bits per heavy atom. The van der Waals surface area contributed by atoms with E-state index in [2.05, 4.69) is 16.1 Å². The number of carbonyl (C=O) groups is 5. The van der Waals surface area contributed by atoms with E-state index in [9.17, 15) is 24.0 Å². The lowest BCUT2D eigenvalue weighted by Crippen LogP contribution is -2.67. The minimum absolute atomic E-state index is 0.0250. The Kier molecular flexibility index (Phi) is 9.04. The quantitative estimate of drug-likeness (QED) is 0.214. The third kappa shape index (κ3) is 5.69. The number of nitrogens with one attached hydrogen (secondary N) is 1. The van der Waals surface area contributed by atoms with Gasteiger partial charge in [-0.3, -0.25) is 9.59 Å². The molecule has 2 bridgehead atoms. The Balaban J connectivity index is 1.48. The third-order valence-corrected chi connectivity index (χ3v) is 10.3. The number of ether oxygens (including phenoxy) is 6. The summed E-state index contributed by atoms with van der Waals surface area (Å²) in [5.74, 6) is -3.42. The molecule has 0 unspecified atom stereocenters. The van der Waals surface area contributed by atoms with Crippen LogP contribution in [0.15, 0.2) is 36.0 Å². The van der Waals surface area contributed by atoms with E-state index in [0.29, 0.717) is 19.4 Å². The molecule has 2 saturated heterocycles. The molecule has 0 aromatic carbocycles. The number of hydrogen-bond donors (Lipinski definition) is 1. The van der Waals surface area contributed by atoms with E-state index in [1.54, 1.807) is 6.92 Å². The summed E-state index contributed by atoms with van der Waals surface area (Å²) in [6, 6.07) is -1.08. The van der Waals surface area contributed by atoms with Gasteiger partial charge >= 0.3 is 23.9 Å². The van der Waals surface area contributed by atoms with Crippen molar-refractivity contribution in [3.8, 4) is 0 Å². The van der Waals surface area contributed by atoms with Crippen LogP contribution >= 0.6 is 0 Å². The Hall–Kier alpha value is -3.51. The lowest BCUT2D eigenvalue weighted by atomic mass is 9.51. The zero-order valence-electron chi connectivity index (χ0n) is 25.6. The van der Waals surface area contributed by atoms with Gasteiger partial charge in [-0.2, -0.15) is 0 Å². The van der Waals surface area contributed by atoms with Gasteiger partial charge in [0.25, 0.3) is 0 Å². The minimum atomic E-state index is -1.08. The summed E-state index contributed by atoms with van der Waals surface area (Å²) >= 11 is 0. The van der Waals surface area contributed by atoms with E-state index >= 15 is 0 Å². The lowest BCUT2D eigenvalue weighted by molar-refractivity contribution is -0.233. The molecule has 5 rings (SSSR count). The predicted molar refractivity (Wildman–Crippen MR) is 153 cm³/mol. The fourth-order valence-corrected chi connectivity index (χ4v) is 7.43. The van der Waals surface area contributed by atoms with Crippen molar-refractivity contribution in [1.29, 1.82) is 0 Å². The molecular formula is C32H41NO11. The normalized spacial score (nSPS) is 40.1. The highest BCUT2D eigenvalue weighted by molar-refractivity contribution is 5.87. The van der Waals surface area contributed by atoms with Crippen LogP contribution in [0.5, 0.6) is 0 Å². The lowest BCUT2D eigenvalue weighted by Gasteiger charge is -2.58. The Morgan fingerprint density at radius 3 is 2.48 bits per heavy atom. The first-order chi connectivity index (χ1) is 21.0. The summed E-state index contributed by atoms with van der Waals surface area (Å²) in [7, 11) is 1.23. The fraction of sp³-hybridized carbons (Fsp3) is 0.656. The van der Waals surface area contributed by atoms with E-state index in [-0.39, 0.29) is 38.6 Å². The number of allylic oxidation sites excluding steroid dienone is 3. The molecule has 1 N–H and O–H groups in total. The average Bonchev–Trinajstić information content (AvgIpc) is 3.77. The Labute approximate surface area is 256 Å². The fourth-order valence-electron chi connectivity index (χ4n) is 7.43. The smallest absolute Gasteiger partial charge is 0.331 e. The van der Waals surface area contributed by atoms with Crippen molar-refractivity contribution in [2.75, 3.05) is 26.9 Å². The number of hydrogen-bond acceptors (Lipinski definition) is 11. The number of carbonyl (C=O) groups excluding carboxylic acids is 5. The van der Waals surface area contributed by atoms with Crippen molar-refractivity contribution in [2.24, 2.45) is 16.7 Å². The van der Waals surface area contributed by atoms with Gasteiger partial charge in [0.1, 0.15) is 24.4 Å². The van der Waals surface area contributed by atoms with Crippen LogP contribution in [0.25, 0.3) is 0 Å². The molecular weight excluding hydrogens is 574 g/mol. The van der Waals surface area contributed by atoms with Crippen molar-refractivity contribution in [3.63, 3.8) is 0 Å². The minimum Gasteiger partial charge on any atom is -0.469 e. The molecule has 0 radical (unpaired) electrons. The second kappa shape index (κ2) is 12.5. The first kappa shape index (κ1) is 31.9. The molecule has 8 atom stereocenters. The molecule has 1 saturated carbocycles. The summed E-state index contributed by atoms with van der Waals surface area (Å²) in [4.78, 5) is 63.4. The van der Waals surface area contributed by atoms with Crippen LogP contribution in [-0.4, -0.2) is 86.7 Å². The zero-order chi connectivity index (χ0) is 31.7. The maximum absolute atomic E-state index is 13.8. The van der Waals surface area contributed by atoms with Crippen molar-refractivity contribution >= 4 is 29.8 Å². The molecule has 1 amide bonds. The van der Waals surface area contributed by atoms with Crippen LogP contribution < -0.4 is 5.32 Å². The van der Waals surface area contributed by atoms with Gasteiger partial charge in [-0.25, -0.2) is 14.4 Å². The zero-order valence-corrected chi connectivity index (χ0v) is 25.6. The Bertz CT molecular complexity index is 1280. The molecule has 5 aliphatic rings. The van der Waals surface area contributed by atoms with Crippen LogP contribution in [-0.2, 0) is 52.4 Å². The van der Waals surface area contributed by atoms with Gasteiger partial charge in [0.15, 0.2) is 0 Å². The molecule has 0 aromatic heterocycles. The topological polar surface area (TPSA) is 156 Å². The molecule has 240 valence electrons. The second-order valence-electron chi connectivity index (χ2n) is 12.6. The van der Waals surface area contributed by atoms with Crippen molar-refractivity contribution < 1.29 is 52.4 Å². The van der Waals surface area contributed by atoms with Crippen LogP contribution in [0.4, 0.5) is 0 Å². The van der Waals surface area contributed by atoms with Crippen LogP contribution in [0.1, 0.15) is 59.3 Å². The summed E-state index contributed by atoms with van der Waals surface area (Å²) < 4.78 is 34.8. The predicted octanol–water partition coefficient (Wildman–Crippen LogP) is 2.25. The van der Waals surface area contributed by atoms with Gasteiger partial charge in [0.05, 0.1) is 44.4 Å². The molecule has 3 fully saturated rings. The molecule has 3 aliphatic heterocycles. The monoisotopic (exact) mass is 615 g/mol. The highest BCUT2D eigenvalue weighted by atomic mass is 16.6. The maximum Gasteiger partial charge on any atom is 0.331 e. The average molecular weight is 616 g/mol. The number of amides is 1. The van der Waals surface area contributed by atoms with Crippen molar-refractivity contribution in [2.45, 2.75) is 89.3 Å². The van der Waals surface area contributed by atoms with Crippen LogP contribution in [0.3, 0.4) is 0 Å². The number of epoxide rings is 1. The standard InChI is InChI=1S/C32H41NO11/c1-19-11-13-31-17-41-29(38)28(33-24(34)9-10-25(35)39-4)20(2)12-14-40-26(36)7-5-6-8-27(37)44-21-16-23(43-22(31)15-19)32(18-42-32)30(21,31)3/h5-8,15,20-23,28H,9-14,16-18H2,1-4H3,(H,33,34)/b7-5+,8-6-/t20-,21-,22-,23-,28-,30-,31-,32+/m1/s1. The van der Waals surface area contributed by atoms with Crippen molar-refractivity contribution in [1.82, 2.24) is 5.32 Å². The maximum atomic E-state index is 13.8. The molecule has 12 nitrogen and oxygen atoms in total. The highest BCUT2D eigenvalue weighted by Gasteiger charge is 2.83. The van der Waals surface area contributed by atoms with Gasteiger partial charge in [-0.05, 0) is 32.1 Å². The molecule has 0 aromatic rings. The van der Waals surface area contributed by atoms with Gasteiger partial charge in [-0.15, -0.1) is 0 Å². The molecule has 2 spiro atoms. The molecule has 12 heteroatoms. The summed E-state index contributed by atoms with van der Waals surface area (Å²) in [6.45, 7) is 6.18. The van der Waals surface area contributed by atoms with Crippen molar-refractivity contribution in [3.05, 3.63) is 36.0 Å². The van der Waals surface area contributed by atoms with E-state index in [0.717, 1.165) is 12.0 Å².